The molecule has 0 aromatic rings. The molecular formula is C10H24N2O. The van der Waals surface area contributed by atoms with Crippen LogP contribution in [0.1, 0.15) is 20.8 Å². The van der Waals surface area contributed by atoms with E-state index in [1.807, 2.05) is 7.05 Å². The van der Waals surface area contributed by atoms with Crippen molar-refractivity contribution >= 4 is 0 Å². The van der Waals surface area contributed by atoms with Gasteiger partial charge in [-0.25, -0.2) is 0 Å². The van der Waals surface area contributed by atoms with Gasteiger partial charge in [0.25, 0.3) is 0 Å². The van der Waals surface area contributed by atoms with Crippen molar-refractivity contribution in [2.45, 2.75) is 20.8 Å². The van der Waals surface area contributed by atoms with Crippen LogP contribution in [0.2, 0.25) is 0 Å². The smallest absolute Gasteiger partial charge is 0.0558 e. The van der Waals surface area contributed by atoms with Crippen LogP contribution in [0.3, 0.4) is 0 Å². The average molecular weight is 188 g/mol. The molecule has 0 aliphatic heterocycles. The molecule has 0 amide bonds. The summed E-state index contributed by atoms with van der Waals surface area (Å²) in [5, 5.41) is 12.1. The van der Waals surface area contributed by atoms with E-state index < -0.39 is 0 Å². The van der Waals surface area contributed by atoms with Crippen molar-refractivity contribution in [2.75, 3.05) is 39.8 Å². The Morgan fingerprint density at radius 1 is 1.38 bits per heavy atom. The molecule has 0 aromatic carbocycles. The molecule has 0 rings (SSSR count). The van der Waals surface area contributed by atoms with Gasteiger partial charge in [-0.15, -0.1) is 0 Å². The Balaban J connectivity index is 3.71. The lowest BCUT2D eigenvalue weighted by Crippen LogP contribution is -2.39. The van der Waals surface area contributed by atoms with Gasteiger partial charge in [0.1, 0.15) is 0 Å². The molecular weight excluding hydrogens is 164 g/mol. The van der Waals surface area contributed by atoms with E-state index in [0.29, 0.717) is 0 Å². The number of likely N-dealkylation sites (N-methyl/N-ethyl adjacent to an activating group) is 1. The predicted octanol–water partition coefficient (Wildman–Crippen LogP) is 0.546. The Hall–Kier alpha value is -0.120. The van der Waals surface area contributed by atoms with Gasteiger partial charge in [0.05, 0.1) is 6.61 Å². The molecule has 0 aliphatic carbocycles. The van der Waals surface area contributed by atoms with Gasteiger partial charge in [0.15, 0.2) is 0 Å². The second kappa shape index (κ2) is 6.35. The average Bonchev–Trinajstić information content (AvgIpc) is 2.00. The highest BCUT2D eigenvalue weighted by Crippen LogP contribution is 2.14. The zero-order chi connectivity index (χ0) is 10.3. The molecule has 0 atom stereocenters. The fraction of sp³-hybridized carbons (Fsp3) is 1.00. The molecule has 0 aliphatic rings. The first-order chi connectivity index (χ1) is 6.02. The third-order valence-electron chi connectivity index (χ3n) is 2.03. The maximum atomic E-state index is 8.75. The van der Waals surface area contributed by atoms with E-state index in [1.54, 1.807) is 0 Å². The third kappa shape index (κ3) is 6.99. The van der Waals surface area contributed by atoms with E-state index in [4.69, 9.17) is 5.11 Å². The Labute approximate surface area is 82.1 Å². The highest BCUT2D eigenvalue weighted by Gasteiger charge is 2.18. The van der Waals surface area contributed by atoms with Crippen LogP contribution in [0.5, 0.6) is 0 Å². The van der Waals surface area contributed by atoms with Gasteiger partial charge in [0.2, 0.25) is 0 Å². The first kappa shape index (κ1) is 12.9. The molecule has 0 fully saturated rings. The predicted molar refractivity (Wildman–Crippen MR) is 56.9 cm³/mol. The van der Waals surface area contributed by atoms with E-state index >= 15 is 0 Å². The number of aliphatic hydroxyl groups is 1. The third-order valence-corrected chi connectivity index (χ3v) is 2.03. The molecule has 0 spiro atoms. The summed E-state index contributed by atoms with van der Waals surface area (Å²) in [5.41, 5.74) is 0.278. The molecule has 3 heteroatoms. The maximum Gasteiger partial charge on any atom is 0.0558 e. The number of hydrogen-bond acceptors (Lipinski definition) is 3. The van der Waals surface area contributed by atoms with Crippen LogP contribution >= 0.6 is 0 Å². The summed E-state index contributed by atoms with van der Waals surface area (Å²) < 4.78 is 0. The van der Waals surface area contributed by atoms with Crippen molar-refractivity contribution in [1.82, 2.24) is 10.2 Å². The Morgan fingerprint density at radius 2 is 2.00 bits per heavy atom. The summed E-state index contributed by atoms with van der Waals surface area (Å²) in [6.07, 6.45) is 0. The quantitative estimate of drug-likeness (QED) is 0.612. The fourth-order valence-electron chi connectivity index (χ4n) is 1.50. The minimum atomic E-state index is 0.244. The Morgan fingerprint density at radius 3 is 2.46 bits per heavy atom. The van der Waals surface area contributed by atoms with Gasteiger partial charge >= 0.3 is 0 Å². The van der Waals surface area contributed by atoms with Crippen LogP contribution in [0.25, 0.3) is 0 Å². The number of rotatable bonds is 7. The van der Waals surface area contributed by atoms with Crippen LogP contribution in [0.4, 0.5) is 0 Å². The molecule has 13 heavy (non-hydrogen) atoms. The van der Waals surface area contributed by atoms with Crippen molar-refractivity contribution in [2.24, 2.45) is 5.41 Å². The molecule has 0 aromatic heterocycles. The topological polar surface area (TPSA) is 35.5 Å². The van der Waals surface area contributed by atoms with Crippen LogP contribution < -0.4 is 5.32 Å². The molecule has 3 nitrogen and oxygen atoms in total. The second-order valence-electron chi connectivity index (χ2n) is 4.41. The van der Waals surface area contributed by atoms with Gasteiger partial charge < -0.3 is 15.3 Å². The zero-order valence-corrected chi connectivity index (χ0v) is 9.43. The summed E-state index contributed by atoms with van der Waals surface area (Å²) >= 11 is 0. The summed E-state index contributed by atoms with van der Waals surface area (Å²) in [6, 6.07) is 0. The van der Waals surface area contributed by atoms with Crippen molar-refractivity contribution < 1.29 is 5.11 Å². The van der Waals surface area contributed by atoms with Crippen LogP contribution in [-0.4, -0.2) is 49.8 Å². The van der Waals surface area contributed by atoms with Gasteiger partial charge in [-0.1, -0.05) is 20.8 Å². The largest absolute Gasteiger partial charge is 0.395 e. The summed E-state index contributed by atoms with van der Waals surface area (Å²) in [4.78, 5) is 2.16. The minimum absolute atomic E-state index is 0.244. The van der Waals surface area contributed by atoms with Gasteiger partial charge in [-0.05, 0) is 19.0 Å². The fourth-order valence-corrected chi connectivity index (χ4v) is 1.50. The van der Waals surface area contributed by atoms with Gasteiger partial charge in [0, 0.05) is 19.6 Å². The van der Waals surface area contributed by atoms with E-state index in [2.05, 4.69) is 31.0 Å². The van der Waals surface area contributed by atoms with Gasteiger partial charge in [-0.3, -0.25) is 0 Å². The summed E-state index contributed by atoms with van der Waals surface area (Å²) in [6.45, 7) is 10.7. The first-order valence-electron chi connectivity index (χ1n) is 5.02. The van der Waals surface area contributed by atoms with Gasteiger partial charge in [-0.2, -0.15) is 0 Å². The number of nitrogens with one attached hydrogen (secondary N) is 1. The Kier molecular flexibility index (Phi) is 6.29. The maximum absolute atomic E-state index is 8.75. The lowest BCUT2D eigenvalue weighted by Gasteiger charge is -2.30. The van der Waals surface area contributed by atoms with Crippen LogP contribution in [-0.2, 0) is 0 Å². The Bertz CT molecular complexity index is 126. The second-order valence-corrected chi connectivity index (χ2v) is 4.41. The number of aliphatic hydroxyl groups excluding tert-OH is 1. The van der Waals surface area contributed by atoms with E-state index in [1.165, 1.54) is 0 Å². The zero-order valence-electron chi connectivity index (χ0n) is 9.43. The molecule has 0 heterocycles. The monoisotopic (exact) mass is 188 g/mol. The molecule has 0 saturated heterocycles. The van der Waals surface area contributed by atoms with E-state index in [-0.39, 0.29) is 12.0 Å². The van der Waals surface area contributed by atoms with Crippen LogP contribution in [0.15, 0.2) is 0 Å². The van der Waals surface area contributed by atoms with Crippen LogP contribution in [0, 0.1) is 5.41 Å². The van der Waals surface area contributed by atoms with Crippen molar-refractivity contribution in [3.8, 4) is 0 Å². The first-order valence-corrected chi connectivity index (χ1v) is 5.02. The summed E-state index contributed by atoms with van der Waals surface area (Å²) in [7, 11) is 2.05. The molecule has 0 radical (unpaired) electrons. The number of hydrogen-bond donors (Lipinski definition) is 2. The lowest BCUT2D eigenvalue weighted by molar-refractivity contribution is 0.167. The van der Waals surface area contributed by atoms with E-state index in [9.17, 15) is 0 Å². The molecule has 2 N–H and O–H groups in total. The summed E-state index contributed by atoms with van der Waals surface area (Å²) in [5.74, 6) is 0. The SMILES string of the molecule is CCNCC(C)(C)CN(C)CCO. The van der Waals surface area contributed by atoms with E-state index in [0.717, 1.165) is 26.2 Å². The van der Waals surface area contributed by atoms with Crippen molar-refractivity contribution in [3.05, 3.63) is 0 Å². The minimum Gasteiger partial charge on any atom is -0.395 e. The molecule has 0 unspecified atom stereocenters. The van der Waals surface area contributed by atoms with Crippen molar-refractivity contribution in [3.63, 3.8) is 0 Å². The molecule has 0 saturated carbocycles. The standard InChI is InChI=1S/C10H24N2O/c1-5-11-8-10(2,3)9-12(4)6-7-13/h11,13H,5-9H2,1-4H3. The molecule has 80 valence electrons. The highest BCUT2D eigenvalue weighted by molar-refractivity contribution is 4.74. The normalized spacial score (nSPS) is 12.5. The number of nitrogens with zero attached hydrogens (tertiary/aromatic N) is 1. The lowest BCUT2D eigenvalue weighted by atomic mass is 9.93. The highest BCUT2D eigenvalue weighted by atomic mass is 16.3. The van der Waals surface area contributed by atoms with Crippen molar-refractivity contribution in [1.29, 1.82) is 0 Å². The molecule has 0 bridgehead atoms.